The summed E-state index contributed by atoms with van der Waals surface area (Å²) in [5.41, 5.74) is 1.03. The molecule has 0 aliphatic carbocycles. The van der Waals surface area contributed by atoms with Gasteiger partial charge in [-0.2, -0.15) is 0 Å². The molecule has 0 aliphatic heterocycles. The van der Waals surface area contributed by atoms with Gasteiger partial charge in [-0.3, -0.25) is 19.4 Å². The minimum atomic E-state index is -0.481. The number of nitrogens with zero attached hydrogens (tertiary/aromatic N) is 1. The third-order valence-corrected chi connectivity index (χ3v) is 6.49. The van der Waals surface area contributed by atoms with Crippen molar-refractivity contribution in [2.75, 3.05) is 6.54 Å². The zero-order valence-corrected chi connectivity index (χ0v) is 23.7. The number of rotatable bonds is 22. The minimum Gasteiger partial charge on any atom is -0.354 e. The first-order chi connectivity index (χ1) is 17.9. The molecule has 1 rings (SSSR count). The number of hydrogen-bond donors (Lipinski definition) is 3. The molecule has 0 unspecified atom stereocenters. The van der Waals surface area contributed by atoms with E-state index in [2.05, 4.69) is 41.7 Å². The molecule has 0 bridgehead atoms. The summed E-state index contributed by atoms with van der Waals surface area (Å²) < 4.78 is 0. The molecule has 0 saturated heterocycles. The van der Waals surface area contributed by atoms with Crippen LogP contribution in [0, 0.1) is 5.92 Å². The summed E-state index contributed by atoms with van der Waals surface area (Å²) in [7, 11) is 0. The highest BCUT2D eigenvalue weighted by molar-refractivity contribution is 5.87. The molecule has 3 amide bonds. The first kappa shape index (κ1) is 32.6. The topological polar surface area (TPSA) is 100 Å². The largest absolute Gasteiger partial charge is 0.354 e. The molecule has 210 valence electrons. The molecule has 0 aliphatic rings. The molecule has 1 heterocycles. The van der Waals surface area contributed by atoms with Gasteiger partial charge < -0.3 is 16.0 Å². The fourth-order valence-corrected chi connectivity index (χ4v) is 4.28. The normalized spacial score (nSPS) is 11.8. The van der Waals surface area contributed by atoms with Crippen molar-refractivity contribution < 1.29 is 14.4 Å². The van der Waals surface area contributed by atoms with Crippen molar-refractivity contribution >= 4 is 17.7 Å². The van der Waals surface area contributed by atoms with Crippen LogP contribution in [0.15, 0.2) is 24.5 Å². The second-order valence-corrected chi connectivity index (χ2v) is 10.6. The molecule has 7 heteroatoms. The Bertz CT molecular complexity index is 740. The Morgan fingerprint density at radius 3 is 1.95 bits per heavy atom. The highest BCUT2D eigenvalue weighted by Crippen LogP contribution is 2.11. The van der Waals surface area contributed by atoms with Gasteiger partial charge in [0, 0.05) is 38.3 Å². The van der Waals surface area contributed by atoms with Crippen molar-refractivity contribution in [3.63, 3.8) is 0 Å². The van der Waals surface area contributed by atoms with Crippen LogP contribution in [-0.4, -0.2) is 35.3 Å². The molecule has 1 aromatic rings. The molecule has 7 nitrogen and oxygen atoms in total. The van der Waals surface area contributed by atoms with Crippen LogP contribution in [0.2, 0.25) is 0 Å². The van der Waals surface area contributed by atoms with Crippen LogP contribution in [0.5, 0.6) is 0 Å². The molecule has 1 aromatic heterocycles. The van der Waals surface area contributed by atoms with Gasteiger partial charge in [-0.15, -0.1) is 0 Å². The van der Waals surface area contributed by atoms with E-state index in [0.29, 0.717) is 38.3 Å². The lowest BCUT2D eigenvalue weighted by molar-refractivity contribution is -0.129. The van der Waals surface area contributed by atoms with Gasteiger partial charge in [0.15, 0.2) is 0 Å². The fourth-order valence-electron chi connectivity index (χ4n) is 4.28. The molecule has 0 saturated carbocycles. The lowest BCUT2D eigenvalue weighted by atomic mass is 10.0. The van der Waals surface area contributed by atoms with Crippen LogP contribution >= 0.6 is 0 Å². The lowest BCUT2D eigenvalue weighted by Crippen LogP contribution is -2.47. The number of carbonyl (C=O) groups is 3. The number of hydrogen-bond acceptors (Lipinski definition) is 4. The van der Waals surface area contributed by atoms with E-state index in [9.17, 15) is 14.4 Å². The molecule has 3 N–H and O–H groups in total. The van der Waals surface area contributed by atoms with E-state index in [1.807, 2.05) is 12.1 Å². The van der Waals surface area contributed by atoms with Crippen LogP contribution in [0.3, 0.4) is 0 Å². The Balaban J connectivity index is 2.15. The van der Waals surface area contributed by atoms with Crippen LogP contribution in [0.1, 0.15) is 123 Å². The Labute approximate surface area is 225 Å². The van der Waals surface area contributed by atoms with Crippen LogP contribution in [0.4, 0.5) is 0 Å². The molecule has 0 fully saturated rings. The van der Waals surface area contributed by atoms with E-state index in [1.165, 1.54) is 44.9 Å². The van der Waals surface area contributed by atoms with Crippen LogP contribution < -0.4 is 16.0 Å². The summed E-state index contributed by atoms with van der Waals surface area (Å²) in [4.78, 5) is 41.1. The van der Waals surface area contributed by atoms with E-state index < -0.39 is 6.04 Å². The molecule has 1 atom stereocenters. The average molecular weight is 517 g/mol. The second kappa shape index (κ2) is 21.6. The van der Waals surface area contributed by atoms with Crippen LogP contribution in [-0.2, 0) is 20.9 Å². The monoisotopic (exact) mass is 516 g/mol. The van der Waals surface area contributed by atoms with E-state index in [0.717, 1.165) is 37.7 Å². The number of carbonyl (C=O) groups excluding carboxylic acids is 3. The van der Waals surface area contributed by atoms with Crippen molar-refractivity contribution in [3.8, 4) is 0 Å². The predicted octanol–water partition coefficient (Wildman–Crippen LogP) is 5.83. The fraction of sp³-hybridized carbons (Fsp3) is 0.733. The number of pyridine rings is 1. The summed E-state index contributed by atoms with van der Waals surface area (Å²) in [5, 5.41) is 8.85. The van der Waals surface area contributed by atoms with Crippen molar-refractivity contribution in [1.29, 1.82) is 0 Å². The molecular weight excluding hydrogens is 464 g/mol. The van der Waals surface area contributed by atoms with Gasteiger partial charge >= 0.3 is 0 Å². The number of unbranched alkanes of at least 4 members (excludes halogenated alkanes) is 10. The van der Waals surface area contributed by atoms with Crippen molar-refractivity contribution in [2.24, 2.45) is 5.92 Å². The maximum Gasteiger partial charge on any atom is 0.242 e. The Hall–Kier alpha value is -2.44. The highest BCUT2D eigenvalue weighted by Gasteiger charge is 2.21. The van der Waals surface area contributed by atoms with Crippen molar-refractivity contribution in [1.82, 2.24) is 20.9 Å². The number of aromatic nitrogens is 1. The zero-order chi connectivity index (χ0) is 27.1. The zero-order valence-electron chi connectivity index (χ0n) is 23.7. The van der Waals surface area contributed by atoms with Crippen molar-refractivity contribution in [3.05, 3.63) is 30.1 Å². The molecular formula is C30H52N4O3. The average Bonchev–Trinajstić information content (AvgIpc) is 2.88. The van der Waals surface area contributed by atoms with E-state index in [4.69, 9.17) is 0 Å². The van der Waals surface area contributed by atoms with Crippen molar-refractivity contribution in [2.45, 2.75) is 130 Å². The summed E-state index contributed by atoms with van der Waals surface area (Å²) in [6, 6.07) is 3.29. The van der Waals surface area contributed by atoms with E-state index in [1.54, 1.807) is 12.4 Å². The van der Waals surface area contributed by atoms with Gasteiger partial charge in [-0.25, -0.2) is 0 Å². The Morgan fingerprint density at radius 1 is 0.757 bits per heavy atom. The van der Waals surface area contributed by atoms with E-state index in [-0.39, 0.29) is 17.7 Å². The molecule has 0 radical (unpaired) electrons. The SMILES string of the molecule is CCCCCCCCCCCC(=O)N[C@@H](CC(C)C)C(=O)NCCCCCC(=O)NCc1ccncc1. The maximum absolute atomic E-state index is 12.7. The van der Waals surface area contributed by atoms with Gasteiger partial charge in [0.05, 0.1) is 0 Å². The standard InChI is InChI=1S/C30H52N4O3/c1-4-5-6-7-8-9-10-11-13-17-29(36)34-27(23-25(2)3)30(37)32-20-15-12-14-16-28(35)33-24-26-18-21-31-22-19-26/h18-19,21-22,25,27H,4-17,20,23-24H2,1-3H3,(H,32,37)(H,33,35)(H,34,36)/t27-/m0/s1. The van der Waals surface area contributed by atoms with Crippen LogP contribution in [0.25, 0.3) is 0 Å². The number of amides is 3. The minimum absolute atomic E-state index is 0.0264. The van der Waals surface area contributed by atoms with Gasteiger partial charge in [0.1, 0.15) is 6.04 Å². The van der Waals surface area contributed by atoms with Gasteiger partial charge in [0.25, 0.3) is 0 Å². The summed E-state index contributed by atoms with van der Waals surface area (Å²) in [6.07, 6.45) is 18.4. The van der Waals surface area contributed by atoms with Gasteiger partial charge in [0.2, 0.25) is 17.7 Å². The summed E-state index contributed by atoms with van der Waals surface area (Å²) in [5.74, 6) is 0.215. The third-order valence-electron chi connectivity index (χ3n) is 6.49. The highest BCUT2D eigenvalue weighted by atomic mass is 16.2. The van der Waals surface area contributed by atoms with Gasteiger partial charge in [-0.05, 0) is 49.3 Å². The first-order valence-corrected chi connectivity index (χ1v) is 14.6. The molecule has 0 aromatic carbocycles. The number of nitrogens with one attached hydrogen (secondary N) is 3. The maximum atomic E-state index is 12.7. The second-order valence-electron chi connectivity index (χ2n) is 10.6. The van der Waals surface area contributed by atoms with Gasteiger partial charge in [-0.1, -0.05) is 78.6 Å². The quantitative estimate of drug-likeness (QED) is 0.169. The lowest BCUT2D eigenvalue weighted by Gasteiger charge is -2.20. The smallest absolute Gasteiger partial charge is 0.242 e. The summed E-state index contributed by atoms with van der Waals surface area (Å²) in [6.45, 7) is 7.43. The van der Waals surface area contributed by atoms with E-state index >= 15 is 0 Å². The summed E-state index contributed by atoms with van der Waals surface area (Å²) >= 11 is 0. The predicted molar refractivity (Wildman–Crippen MR) is 151 cm³/mol. The first-order valence-electron chi connectivity index (χ1n) is 14.6. The Morgan fingerprint density at radius 2 is 1.32 bits per heavy atom. The molecule has 0 spiro atoms. The Kier molecular flexibility index (Phi) is 19.0. The molecule has 37 heavy (non-hydrogen) atoms. The third kappa shape index (κ3) is 18.5.